The van der Waals surface area contributed by atoms with Crippen LogP contribution in [0.5, 0.6) is 0 Å². The van der Waals surface area contributed by atoms with E-state index in [1.165, 1.54) is 6.07 Å². The number of amides is 1. The highest BCUT2D eigenvalue weighted by atomic mass is 16.6. The van der Waals surface area contributed by atoms with Gasteiger partial charge >= 0.3 is 0 Å². The van der Waals surface area contributed by atoms with Gasteiger partial charge in [-0.3, -0.25) is 24.8 Å². The molecule has 2 N–H and O–H groups in total. The zero-order valence-corrected chi connectivity index (χ0v) is 17.6. The third-order valence-electron chi connectivity index (χ3n) is 5.54. The molecule has 164 valence electrons. The Hall–Kier alpha value is -3.78. The van der Waals surface area contributed by atoms with E-state index in [0.29, 0.717) is 5.69 Å². The quantitative estimate of drug-likeness (QED) is 0.431. The van der Waals surface area contributed by atoms with Gasteiger partial charge in [0, 0.05) is 49.2 Å². The molecule has 0 spiro atoms. The van der Waals surface area contributed by atoms with Crippen LogP contribution in [0.1, 0.15) is 28.9 Å². The summed E-state index contributed by atoms with van der Waals surface area (Å²) in [6, 6.07) is 19.7. The van der Waals surface area contributed by atoms with Gasteiger partial charge in [0.05, 0.1) is 10.6 Å². The predicted octanol–water partition coefficient (Wildman–Crippen LogP) is 4.13. The van der Waals surface area contributed by atoms with Crippen molar-refractivity contribution in [1.29, 1.82) is 0 Å². The van der Waals surface area contributed by atoms with E-state index in [4.69, 9.17) is 0 Å². The number of pyridine rings is 1. The zero-order valence-electron chi connectivity index (χ0n) is 17.6. The normalized spacial score (nSPS) is 14.6. The summed E-state index contributed by atoms with van der Waals surface area (Å²) in [4.78, 5) is 30.5. The molecule has 1 aliphatic heterocycles. The Morgan fingerprint density at radius 1 is 1.06 bits per heavy atom. The second kappa shape index (κ2) is 10.0. The fourth-order valence-corrected chi connectivity index (χ4v) is 3.83. The lowest BCUT2D eigenvalue weighted by Gasteiger charge is -2.32. The first-order chi connectivity index (χ1) is 15.6. The highest BCUT2D eigenvalue weighted by molar-refractivity contribution is 5.96. The van der Waals surface area contributed by atoms with E-state index in [9.17, 15) is 14.9 Å². The summed E-state index contributed by atoms with van der Waals surface area (Å²) >= 11 is 0. The van der Waals surface area contributed by atoms with E-state index in [-0.39, 0.29) is 23.2 Å². The number of hydrogen-bond donors (Lipinski definition) is 2. The van der Waals surface area contributed by atoms with Crippen molar-refractivity contribution >= 4 is 23.0 Å². The second-order valence-electron chi connectivity index (χ2n) is 7.83. The summed E-state index contributed by atoms with van der Waals surface area (Å²) in [6.07, 6.45) is 3.45. The van der Waals surface area contributed by atoms with Crippen molar-refractivity contribution in [3.05, 3.63) is 94.3 Å². The molecule has 0 radical (unpaired) electrons. The Labute approximate surface area is 186 Å². The van der Waals surface area contributed by atoms with Crippen LogP contribution in [0.4, 0.5) is 17.1 Å². The van der Waals surface area contributed by atoms with Crippen LogP contribution < -0.4 is 10.6 Å². The maximum absolute atomic E-state index is 12.8. The first-order valence-corrected chi connectivity index (χ1v) is 10.6. The van der Waals surface area contributed by atoms with Gasteiger partial charge in [0.15, 0.2) is 0 Å². The molecule has 8 nitrogen and oxygen atoms in total. The molecule has 1 aromatic heterocycles. The van der Waals surface area contributed by atoms with Gasteiger partial charge in [-0.1, -0.05) is 24.3 Å². The van der Waals surface area contributed by atoms with Crippen LogP contribution >= 0.6 is 0 Å². The van der Waals surface area contributed by atoms with E-state index in [0.717, 1.165) is 43.9 Å². The first kappa shape index (κ1) is 21.5. The largest absolute Gasteiger partial charge is 0.350 e. The maximum Gasteiger partial charge on any atom is 0.293 e. The number of nitro groups is 1. The van der Waals surface area contributed by atoms with Crippen LogP contribution in [0.3, 0.4) is 0 Å². The van der Waals surface area contributed by atoms with Gasteiger partial charge in [-0.2, -0.15) is 0 Å². The minimum absolute atomic E-state index is 0.0451. The van der Waals surface area contributed by atoms with Gasteiger partial charge in [0.2, 0.25) is 0 Å². The third-order valence-corrected chi connectivity index (χ3v) is 5.54. The number of aromatic nitrogens is 1. The number of hydrogen-bond acceptors (Lipinski definition) is 6. The maximum atomic E-state index is 12.8. The molecular formula is C24H25N5O3. The van der Waals surface area contributed by atoms with Crippen molar-refractivity contribution in [1.82, 2.24) is 15.2 Å². The van der Waals surface area contributed by atoms with Crippen molar-refractivity contribution < 1.29 is 9.72 Å². The lowest BCUT2D eigenvalue weighted by atomic mass is 10.0. The molecule has 1 aliphatic rings. The third kappa shape index (κ3) is 5.47. The number of para-hydroxylation sites is 1. The van der Waals surface area contributed by atoms with E-state index >= 15 is 0 Å². The summed E-state index contributed by atoms with van der Waals surface area (Å²) in [5.74, 6) is -0.289. The monoisotopic (exact) mass is 431 g/mol. The Morgan fingerprint density at radius 3 is 2.50 bits per heavy atom. The summed E-state index contributed by atoms with van der Waals surface area (Å²) < 4.78 is 0. The highest BCUT2D eigenvalue weighted by Crippen LogP contribution is 2.29. The van der Waals surface area contributed by atoms with Gasteiger partial charge < -0.3 is 10.6 Å². The van der Waals surface area contributed by atoms with E-state index in [1.54, 1.807) is 18.3 Å². The van der Waals surface area contributed by atoms with Gasteiger partial charge in [-0.25, -0.2) is 0 Å². The van der Waals surface area contributed by atoms with Crippen LogP contribution in [0.15, 0.2) is 72.9 Å². The number of rotatable bonds is 7. The van der Waals surface area contributed by atoms with E-state index in [1.807, 2.05) is 48.5 Å². The summed E-state index contributed by atoms with van der Waals surface area (Å²) in [5.41, 5.74) is 2.27. The first-order valence-electron chi connectivity index (χ1n) is 10.6. The van der Waals surface area contributed by atoms with Crippen molar-refractivity contribution in [3.8, 4) is 0 Å². The van der Waals surface area contributed by atoms with Gasteiger partial charge in [-0.15, -0.1) is 0 Å². The summed E-state index contributed by atoms with van der Waals surface area (Å²) in [6.45, 7) is 2.52. The number of nitrogens with one attached hydrogen (secondary N) is 2. The van der Waals surface area contributed by atoms with Crippen LogP contribution in [0.25, 0.3) is 0 Å². The zero-order chi connectivity index (χ0) is 22.3. The summed E-state index contributed by atoms with van der Waals surface area (Å²) in [5, 5.41) is 17.7. The Bertz CT molecular complexity index is 1070. The van der Waals surface area contributed by atoms with Crippen molar-refractivity contribution in [2.45, 2.75) is 25.4 Å². The Morgan fingerprint density at radius 2 is 1.81 bits per heavy atom. The fraction of sp³-hybridized carbons (Fsp3) is 0.250. The predicted molar refractivity (Wildman–Crippen MR) is 123 cm³/mol. The van der Waals surface area contributed by atoms with Crippen LogP contribution in [-0.2, 0) is 6.54 Å². The van der Waals surface area contributed by atoms with Crippen LogP contribution in [0.2, 0.25) is 0 Å². The molecule has 8 heteroatoms. The molecule has 0 aliphatic carbocycles. The van der Waals surface area contributed by atoms with Gasteiger partial charge in [-0.05, 0) is 49.2 Å². The number of carbonyl (C=O) groups is 1. The number of likely N-dealkylation sites (tertiary alicyclic amines) is 1. The molecular weight excluding hydrogens is 406 g/mol. The minimum Gasteiger partial charge on any atom is -0.350 e. The molecule has 0 bridgehead atoms. The second-order valence-corrected chi connectivity index (χ2v) is 7.83. The number of benzene rings is 2. The number of anilines is 2. The molecule has 2 aromatic carbocycles. The van der Waals surface area contributed by atoms with Crippen molar-refractivity contribution in [3.63, 3.8) is 0 Å². The lowest BCUT2D eigenvalue weighted by Crippen LogP contribution is -2.44. The molecule has 1 saturated heterocycles. The van der Waals surface area contributed by atoms with Gasteiger partial charge in [0.1, 0.15) is 5.69 Å². The van der Waals surface area contributed by atoms with E-state index in [2.05, 4.69) is 20.5 Å². The summed E-state index contributed by atoms with van der Waals surface area (Å²) in [7, 11) is 0. The molecule has 32 heavy (non-hydrogen) atoms. The molecule has 1 fully saturated rings. The molecule has 1 amide bonds. The van der Waals surface area contributed by atoms with Gasteiger partial charge in [0.25, 0.3) is 11.6 Å². The average molecular weight is 431 g/mol. The van der Waals surface area contributed by atoms with Crippen molar-refractivity contribution in [2.75, 3.05) is 18.4 Å². The van der Waals surface area contributed by atoms with Crippen LogP contribution in [-0.4, -0.2) is 39.8 Å². The Balaban J connectivity index is 1.36. The Kier molecular flexibility index (Phi) is 6.72. The highest BCUT2D eigenvalue weighted by Gasteiger charge is 2.23. The SMILES string of the molecule is O=C(NC1CCN(Cc2ccccn2)CC1)c1ccc(Nc2ccccc2)c([N+](=O)[O-])c1. The molecule has 0 unspecified atom stereocenters. The topological polar surface area (TPSA) is 100 Å². The standard InChI is InChI=1S/C24H25N5O3/c30-24(27-20-11-14-28(15-12-20)17-21-8-4-5-13-25-21)18-9-10-22(23(16-18)29(31)32)26-19-6-2-1-3-7-19/h1-10,13,16,20,26H,11-12,14-15,17H2,(H,27,30). The number of piperidine rings is 1. The minimum atomic E-state index is -0.474. The smallest absolute Gasteiger partial charge is 0.293 e. The lowest BCUT2D eigenvalue weighted by molar-refractivity contribution is -0.383. The molecule has 2 heterocycles. The van der Waals surface area contributed by atoms with Crippen molar-refractivity contribution in [2.24, 2.45) is 0 Å². The fourth-order valence-electron chi connectivity index (χ4n) is 3.83. The molecule has 0 saturated carbocycles. The number of nitrogens with zero attached hydrogens (tertiary/aromatic N) is 3. The number of nitro benzene ring substituents is 1. The molecule has 3 aromatic rings. The molecule has 0 atom stereocenters. The average Bonchev–Trinajstić information content (AvgIpc) is 2.82. The number of carbonyl (C=O) groups excluding carboxylic acids is 1. The molecule has 4 rings (SSSR count). The van der Waals surface area contributed by atoms with E-state index < -0.39 is 4.92 Å². The van der Waals surface area contributed by atoms with Crippen LogP contribution in [0, 0.1) is 10.1 Å².